The lowest BCUT2D eigenvalue weighted by Crippen LogP contribution is -2.28. The monoisotopic (exact) mass is 428 g/mol. The first-order chi connectivity index (χ1) is 14.4. The highest BCUT2D eigenvalue weighted by molar-refractivity contribution is 5.66. The Morgan fingerprint density at radius 2 is 0.833 bits per heavy atom. The number of unbranched alkanes of at least 4 members (excludes halogenated alkanes) is 13. The maximum Gasteiger partial charge on any atom is 0.303 e. The summed E-state index contributed by atoms with van der Waals surface area (Å²) >= 11 is 0. The molecule has 0 saturated heterocycles. The van der Waals surface area contributed by atoms with E-state index in [1.807, 2.05) is 0 Å². The van der Waals surface area contributed by atoms with Crippen molar-refractivity contribution in [2.24, 2.45) is 0 Å². The van der Waals surface area contributed by atoms with Gasteiger partial charge in [-0.05, 0) is 32.1 Å². The first-order valence-electron chi connectivity index (χ1n) is 12.6. The molecule has 0 spiro atoms. The predicted octanol–water partition coefficient (Wildman–Crippen LogP) is 7.10. The fraction of sp³-hybridized carbons (Fsp3) is 0.920. The van der Waals surface area contributed by atoms with E-state index in [2.05, 4.69) is 6.92 Å². The smallest absolute Gasteiger partial charge is 0.303 e. The van der Waals surface area contributed by atoms with E-state index in [4.69, 9.17) is 10.2 Å². The lowest BCUT2D eigenvalue weighted by molar-refractivity contribution is -0.138. The molecule has 0 aliphatic carbocycles. The molecule has 0 atom stereocenters. The van der Waals surface area contributed by atoms with Gasteiger partial charge in [0.1, 0.15) is 0 Å². The minimum atomic E-state index is -0.791. The minimum absolute atomic E-state index is 0.147. The third-order valence-corrected chi connectivity index (χ3v) is 6.06. The Bertz CT molecular complexity index is 400. The number of hydrogen-bond acceptors (Lipinski definition) is 3. The van der Waals surface area contributed by atoms with Crippen LogP contribution in [-0.2, 0) is 9.59 Å². The van der Waals surface area contributed by atoms with Gasteiger partial charge in [0.25, 0.3) is 0 Å². The summed E-state index contributed by atoms with van der Waals surface area (Å²) in [5, 5.41) is 28.6. The van der Waals surface area contributed by atoms with E-state index in [0.29, 0.717) is 38.5 Å². The van der Waals surface area contributed by atoms with Gasteiger partial charge < -0.3 is 15.3 Å². The van der Waals surface area contributed by atoms with E-state index in [0.717, 1.165) is 19.3 Å². The van der Waals surface area contributed by atoms with Crippen molar-refractivity contribution in [1.82, 2.24) is 0 Å². The van der Waals surface area contributed by atoms with Gasteiger partial charge in [0, 0.05) is 12.8 Å². The van der Waals surface area contributed by atoms with Gasteiger partial charge in [-0.25, -0.2) is 0 Å². The van der Waals surface area contributed by atoms with E-state index in [1.165, 1.54) is 64.2 Å². The SMILES string of the molecule is CCCCCCCCCCCCCCC(O)(CCCCC(=O)O)CCCCC(=O)O. The number of rotatable bonds is 23. The summed E-state index contributed by atoms with van der Waals surface area (Å²) in [5.74, 6) is -1.58. The van der Waals surface area contributed by atoms with E-state index >= 15 is 0 Å². The van der Waals surface area contributed by atoms with Crippen LogP contribution in [0.5, 0.6) is 0 Å². The summed E-state index contributed by atoms with van der Waals surface area (Å²) in [4.78, 5) is 21.4. The Labute approximate surface area is 184 Å². The summed E-state index contributed by atoms with van der Waals surface area (Å²) in [6, 6.07) is 0. The second-order valence-corrected chi connectivity index (χ2v) is 9.07. The Kier molecular flexibility index (Phi) is 19.1. The van der Waals surface area contributed by atoms with Crippen LogP contribution in [0.1, 0.15) is 142 Å². The summed E-state index contributed by atoms with van der Waals surface area (Å²) in [5.41, 5.74) is -0.768. The molecule has 0 aromatic rings. The standard InChI is InChI=1S/C25H48O5/c1-2-3-4-5-6-7-8-9-10-11-12-15-20-25(30,21-16-13-18-23(26)27)22-17-14-19-24(28)29/h30H,2-22H2,1H3,(H,26,27)(H,28,29). The first-order valence-corrected chi connectivity index (χ1v) is 12.6. The molecule has 0 fully saturated rings. The van der Waals surface area contributed by atoms with Crippen molar-refractivity contribution in [2.75, 3.05) is 0 Å². The second-order valence-electron chi connectivity index (χ2n) is 9.07. The molecule has 0 aromatic carbocycles. The zero-order valence-electron chi connectivity index (χ0n) is 19.5. The molecule has 0 bridgehead atoms. The van der Waals surface area contributed by atoms with E-state index < -0.39 is 17.5 Å². The molecule has 3 N–H and O–H groups in total. The summed E-state index contributed by atoms with van der Waals surface area (Å²) in [6.45, 7) is 2.25. The lowest BCUT2D eigenvalue weighted by Gasteiger charge is -2.28. The number of aliphatic carboxylic acids is 2. The Hall–Kier alpha value is -1.10. The van der Waals surface area contributed by atoms with Crippen molar-refractivity contribution in [3.63, 3.8) is 0 Å². The van der Waals surface area contributed by atoms with Crippen LogP contribution in [-0.4, -0.2) is 32.9 Å². The Morgan fingerprint density at radius 1 is 0.533 bits per heavy atom. The van der Waals surface area contributed by atoms with Gasteiger partial charge in [-0.2, -0.15) is 0 Å². The van der Waals surface area contributed by atoms with Crippen molar-refractivity contribution in [1.29, 1.82) is 0 Å². The highest BCUT2D eigenvalue weighted by Gasteiger charge is 2.25. The molecule has 0 radical (unpaired) electrons. The van der Waals surface area contributed by atoms with Crippen LogP contribution in [0, 0.1) is 0 Å². The van der Waals surface area contributed by atoms with Crippen LogP contribution in [0.25, 0.3) is 0 Å². The molecular weight excluding hydrogens is 380 g/mol. The first kappa shape index (κ1) is 28.9. The molecule has 0 heterocycles. The maximum atomic E-state index is 11.0. The fourth-order valence-corrected chi connectivity index (χ4v) is 4.13. The van der Waals surface area contributed by atoms with Crippen molar-refractivity contribution >= 4 is 11.9 Å². The molecule has 178 valence electrons. The average Bonchev–Trinajstić information content (AvgIpc) is 2.69. The van der Waals surface area contributed by atoms with Gasteiger partial charge in [0.2, 0.25) is 0 Å². The van der Waals surface area contributed by atoms with E-state index in [9.17, 15) is 14.7 Å². The zero-order valence-corrected chi connectivity index (χ0v) is 19.5. The average molecular weight is 429 g/mol. The summed E-state index contributed by atoms with van der Waals surface area (Å²) in [7, 11) is 0. The molecule has 0 aromatic heterocycles. The van der Waals surface area contributed by atoms with Crippen LogP contribution in [0.2, 0.25) is 0 Å². The topological polar surface area (TPSA) is 94.8 Å². The van der Waals surface area contributed by atoms with Gasteiger partial charge in [0.15, 0.2) is 0 Å². The molecule has 0 aliphatic rings. The molecule has 0 aliphatic heterocycles. The number of carbonyl (C=O) groups is 2. The Morgan fingerprint density at radius 3 is 1.17 bits per heavy atom. The third-order valence-electron chi connectivity index (χ3n) is 6.06. The molecule has 30 heavy (non-hydrogen) atoms. The Balaban J connectivity index is 3.92. The molecule has 0 saturated carbocycles. The fourth-order valence-electron chi connectivity index (χ4n) is 4.13. The molecule has 0 unspecified atom stereocenters. The predicted molar refractivity (Wildman–Crippen MR) is 123 cm³/mol. The molecule has 0 amide bonds. The minimum Gasteiger partial charge on any atom is -0.481 e. The van der Waals surface area contributed by atoms with Crippen LogP contribution < -0.4 is 0 Å². The summed E-state index contributed by atoms with van der Waals surface area (Å²) < 4.78 is 0. The zero-order chi connectivity index (χ0) is 22.5. The van der Waals surface area contributed by atoms with E-state index in [1.54, 1.807) is 0 Å². The highest BCUT2D eigenvalue weighted by atomic mass is 16.4. The molecule has 0 rings (SSSR count). The maximum absolute atomic E-state index is 11.0. The molecule has 5 heteroatoms. The largest absolute Gasteiger partial charge is 0.481 e. The van der Waals surface area contributed by atoms with E-state index in [-0.39, 0.29) is 12.8 Å². The van der Waals surface area contributed by atoms with Crippen molar-refractivity contribution in [3.05, 3.63) is 0 Å². The van der Waals surface area contributed by atoms with Gasteiger partial charge in [-0.1, -0.05) is 96.8 Å². The molecule has 5 nitrogen and oxygen atoms in total. The van der Waals surface area contributed by atoms with Crippen molar-refractivity contribution in [2.45, 2.75) is 147 Å². The van der Waals surface area contributed by atoms with Gasteiger partial charge in [0.05, 0.1) is 5.60 Å². The highest BCUT2D eigenvalue weighted by Crippen LogP contribution is 2.28. The van der Waals surface area contributed by atoms with Gasteiger partial charge in [-0.15, -0.1) is 0 Å². The van der Waals surface area contributed by atoms with Crippen LogP contribution in [0.3, 0.4) is 0 Å². The number of hydrogen-bond donors (Lipinski definition) is 3. The van der Waals surface area contributed by atoms with Crippen molar-refractivity contribution < 1.29 is 24.9 Å². The van der Waals surface area contributed by atoms with Gasteiger partial charge >= 0.3 is 11.9 Å². The number of carboxylic acid groups (broad SMARTS) is 2. The quantitative estimate of drug-likeness (QED) is 0.151. The third kappa shape index (κ3) is 20.2. The number of aliphatic hydroxyl groups is 1. The number of carboxylic acids is 2. The normalized spacial score (nSPS) is 11.7. The second kappa shape index (κ2) is 19.8. The van der Waals surface area contributed by atoms with Crippen LogP contribution in [0.15, 0.2) is 0 Å². The lowest BCUT2D eigenvalue weighted by atomic mass is 9.85. The van der Waals surface area contributed by atoms with Crippen LogP contribution >= 0.6 is 0 Å². The summed E-state index contributed by atoms with van der Waals surface area (Å²) in [6.07, 6.45) is 20.3. The van der Waals surface area contributed by atoms with Crippen molar-refractivity contribution in [3.8, 4) is 0 Å². The van der Waals surface area contributed by atoms with Crippen LogP contribution in [0.4, 0.5) is 0 Å². The van der Waals surface area contributed by atoms with Gasteiger partial charge in [-0.3, -0.25) is 9.59 Å². The molecular formula is C25H48O5.